The topological polar surface area (TPSA) is 52.7 Å². The molecule has 5 nitrogen and oxygen atoms in total. The summed E-state index contributed by atoms with van der Waals surface area (Å²) in [7, 11) is 2.13. The Hall–Kier alpha value is -2.99. The van der Waals surface area contributed by atoms with Crippen LogP contribution in [0.4, 0.5) is 11.4 Å². The van der Waals surface area contributed by atoms with E-state index >= 15 is 0 Å². The van der Waals surface area contributed by atoms with Crippen molar-refractivity contribution >= 4 is 46.6 Å². The molecule has 0 saturated carbocycles. The summed E-state index contributed by atoms with van der Waals surface area (Å²) in [6, 6.07) is 10.0. The van der Waals surface area contributed by atoms with E-state index in [4.69, 9.17) is 12.2 Å². The standard InChI is InChI=1S/C27H31N3O2S/c1-15-9-8-10-22(18(15)4)30-25(32)21(24(31)28-26(30)33)13-19-12-20-17(3)14-27(5,6)29(7)23(20)11-16(19)2/h8-13,17H,14H2,1-7H3,(H,28,31,33)/b21-13+/t17-/m0/s1. The lowest BCUT2D eigenvalue weighted by atomic mass is 9.79. The molecule has 1 saturated heterocycles. The van der Waals surface area contributed by atoms with Gasteiger partial charge in [-0.05, 0) is 111 Å². The van der Waals surface area contributed by atoms with Crippen LogP contribution in [0.3, 0.4) is 0 Å². The Morgan fingerprint density at radius 1 is 1.09 bits per heavy atom. The molecule has 0 bridgehead atoms. The van der Waals surface area contributed by atoms with Gasteiger partial charge in [0, 0.05) is 18.3 Å². The molecule has 4 rings (SSSR count). The molecule has 1 atom stereocenters. The van der Waals surface area contributed by atoms with E-state index in [9.17, 15) is 9.59 Å². The van der Waals surface area contributed by atoms with Crippen LogP contribution < -0.4 is 15.1 Å². The molecule has 2 aromatic carbocycles. The molecular weight excluding hydrogens is 430 g/mol. The summed E-state index contributed by atoms with van der Waals surface area (Å²) in [6.45, 7) is 12.7. The van der Waals surface area contributed by atoms with E-state index < -0.39 is 11.8 Å². The number of benzene rings is 2. The monoisotopic (exact) mass is 461 g/mol. The quantitative estimate of drug-likeness (QED) is 0.381. The summed E-state index contributed by atoms with van der Waals surface area (Å²) in [5, 5.41) is 2.81. The van der Waals surface area contributed by atoms with E-state index in [0.29, 0.717) is 11.6 Å². The van der Waals surface area contributed by atoms with Crippen molar-refractivity contribution < 1.29 is 9.59 Å². The Morgan fingerprint density at radius 3 is 2.48 bits per heavy atom. The van der Waals surface area contributed by atoms with Crippen LogP contribution in [0.25, 0.3) is 6.08 Å². The van der Waals surface area contributed by atoms with Crippen molar-refractivity contribution in [3.8, 4) is 0 Å². The summed E-state index contributed by atoms with van der Waals surface area (Å²) in [6.07, 6.45) is 2.74. The maximum Gasteiger partial charge on any atom is 0.270 e. The largest absolute Gasteiger partial charge is 0.369 e. The van der Waals surface area contributed by atoms with Gasteiger partial charge in [-0.1, -0.05) is 19.1 Å². The van der Waals surface area contributed by atoms with Gasteiger partial charge in [0.1, 0.15) is 5.57 Å². The number of hydrogen-bond acceptors (Lipinski definition) is 4. The second-order valence-corrected chi connectivity index (χ2v) is 10.3. The van der Waals surface area contributed by atoms with Crippen LogP contribution in [-0.2, 0) is 9.59 Å². The van der Waals surface area contributed by atoms with Gasteiger partial charge in [0.15, 0.2) is 5.11 Å². The van der Waals surface area contributed by atoms with E-state index in [-0.39, 0.29) is 16.2 Å². The third-order valence-electron chi connectivity index (χ3n) is 7.24. The highest BCUT2D eigenvalue weighted by molar-refractivity contribution is 7.80. The minimum absolute atomic E-state index is 0.0694. The fourth-order valence-corrected chi connectivity index (χ4v) is 5.17. The highest BCUT2D eigenvalue weighted by atomic mass is 32.1. The predicted octanol–water partition coefficient (Wildman–Crippen LogP) is 5.17. The van der Waals surface area contributed by atoms with Crippen molar-refractivity contribution in [3.63, 3.8) is 0 Å². The van der Waals surface area contributed by atoms with E-state index in [2.05, 4.69) is 50.2 Å². The number of amides is 2. The molecule has 0 aromatic heterocycles. The number of hydrogen-bond donors (Lipinski definition) is 1. The lowest BCUT2D eigenvalue weighted by molar-refractivity contribution is -0.122. The first kappa shape index (κ1) is 23.2. The molecule has 1 N–H and O–H groups in total. The third-order valence-corrected chi connectivity index (χ3v) is 7.52. The van der Waals surface area contributed by atoms with E-state index in [1.807, 2.05) is 39.0 Å². The van der Waals surface area contributed by atoms with Gasteiger partial charge in [-0.2, -0.15) is 0 Å². The normalized spacial score (nSPS) is 21.4. The maximum atomic E-state index is 13.5. The molecular formula is C27H31N3O2S. The van der Waals surface area contributed by atoms with E-state index in [1.165, 1.54) is 16.2 Å². The molecule has 0 radical (unpaired) electrons. The van der Waals surface area contributed by atoms with Crippen molar-refractivity contribution in [2.45, 2.75) is 59.4 Å². The molecule has 2 amide bonds. The second kappa shape index (κ2) is 8.10. The average Bonchev–Trinajstić information content (AvgIpc) is 2.72. The van der Waals surface area contributed by atoms with Crippen LogP contribution in [0.5, 0.6) is 0 Å². The first-order valence-electron chi connectivity index (χ1n) is 11.3. The van der Waals surface area contributed by atoms with Gasteiger partial charge in [0.2, 0.25) is 0 Å². The minimum Gasteiger partial charge on any atom is -0.369 e. The van der Waals surface area contributed by atoms with Gasteiger partial charge >= 0.3 is 0 Å². The number of nitrogens with one attached hydrogen (secondary N) is 1. The van der Waals surface area contributed by atoms with Crippen LogP contribution in [0.15, 0.2) is 35.9 Å². The zero-order chi connectivity index (χ0) is 24.2. The van der Waals surface area contributed by atoms with Gasteiger partial charge < -0.3 is 4.90 Å². The molecule has 2 aromatic rings. The number of rotatable bonds is 2. The van der Waals surface area contributed by atoms with Crippen LogP contribution in [0, 0.1) is 20.8 Å². The van der Waals surface area contributed by atoms with Gasteiger partial charge in [0.05, 0.1) is 5.69 Å². The number of fused-ring (bicyclic) bond motifs is 1. The molecule has 0 unspecified atom stereocenters. The Kier molecular flexibility index (Phi) is 5.69. The Bertz CT molecular complexity index is 1230. The first-order chi connectivity index (χ1) is 15.4. The van der Waals surface area contributed by atoms with Crippen molar-refractivity contribution in [2.75, 3.05) is 16.8 Å². The van der Waals surface area contributed by atoms with Gasteiger partial charge in [-0.25, -0.2) is 0 Å². The predicted molar refractivity (Wildman–Crippen MR) is 139 cm³/mol. The van der Waals surface area contributed by atoms with Gasteiger partial charge in [-0.3, -0.25) is 19.8 Å². The van der Waals surface area contributed by atoms with Crippen LogP contribution in [0.1, 0.15) is 60.9 Å². The second-order valence-electron chi connectivity index (χ2n) is 9.92. The zero-order valence-electron chi connectivity index (χ0n) is 20.4. The first-order valence-corrected chi connectivity index (χ1v) is 11.7. The minimum atomic E-state index is -0.463. The lowest BCUT2D eigenvalue weighted by Crippen LogP contribution is -2.54. The molecule has 2 aliphatic rings. The van der Waals surface area contributed by atoms with Crippen molar-refractivity contribution in [1.82, 2.24) is 5.32 Å². The molecule has 2 heterocycles. The summed E-state index contributed by atoms with van der Waals surface area (Å²) in [5.41, 5.74) is 7.19. The number of thiocarbonyl (C=S) groups is 1. The average molecular weight is 462 g/mol. The van der Waals surface area contributed by atoms with E-state index in [1.54, 1.807) is 6.08 Å². The van der Waals surface area contributed by atoms with Crippen LogP contribution >= 0.6 is 12.2 Å². The van der Waals surface area contributed by atoms with Crippen LogP contribution in [-0.4, -0.2) is 29.5 Å². The van der Waals surface area contributed by atoms with Gasteiger partial charge in [0.25, 0.3) is 11.8 Å². The fraction of sp³-hybridized carbons (Fsp3) is 0.370. The lowest BCUT2D eigenvalue weighted by Gasteiger charge is -2.45. The number of carbonyl (C=O) groups is 2. The molecule has 0 aliphatic carbocycles. The number of carbonyl (C=O) groups excluding carboxylic acids is 2. The number of anilines is 2. The Morgan fingerprint density at radius 2 is 1.79 bits per heavy atom. The summed E-state index contributed by atoms with van der Waals surface area (Å²) in [5.74, 6) is -0.491. The van der Waals surface area contributed by atoms with Crippen molar-refractivity contribution in [2.24, 2.45) is 0 Å². The molecule has 0 spiro atoms. The third kappa shape index (κ3) is 3.86. The summed E-state index contributed by atoms with van der Waals surface area (Å²) in [4.78, 5) is 30.1. The highest BCUT2D eigenvalue weighted by Crippen LogP contribution is 2.43. The number of nitrogens with zero attached hydrogens (tertiary/aromatic N) is 2. The smallest absolute Gasteiger partial charge is 0.270 e. The molecule has 6 heteroatoms. The van der Waals surface area contributed by atoms with Crippen molar-refractivity contribution in [3.05, 3.63) is 63.7 Å². The molecule has 1 fully saturated rings. The summed E-state index contributed by atoms with van der Waals surface area (Å²) >= 11 is 5.38. The highest BCUT2D eigenvalue weighted by Gasteiger charge is 2.37. The van der Waals surface area contributed by atoms with Crippen LogP contribution in [0.2, 0.25) is 0 Å². The van der Waals surface area contributed by atoms with Gasteiger partial charge in [-0.15, -0.1) is 0 Å². The Labute approximate surface area is 201 Å². The SMILES string of the molecule is Cc1cc2c(cc1/C=C1\C(=O)NC(=S)N(c3cccc(C)c3C)C1=O)[C@@H](C)CC(C)(C)N2C. The summed E-state index contributed by atoms with van der Waals surface area (Å²) < 4.78 is 0. The molecule has 172 valence electrons. The number of aryl methyl sites for hydroxylation is 2. The van der Waals surface area contributed by atoms with E-state index in [0.717, 1.165) is 28.7 Å². The molecule has 33 heavy (non-hydrogen) atoms. The maximum absolute atomic E-state index is 13.5. The fourth-order valence-electron chi connectivity index (χ4n) is 4.90. The molecule has 2 aliphatic heterocycles. The zero-order valence-corrected chi connectivity index (χ0v) is 21.2. The Balaban J connectivity index is 1.79. The van der Waals surface area contributed by atoms with Crippen molar-refractivity contribution in [1.29, 1.82) is 0 Å².